The van der Waals surface area contributed by atoms with Gasteiger partial charge < -0.3 is 15.4 Å². The van der Waals surface area contributed by atoms with Gasteiger partial charge in [-0.2, -0.15) is 0 Å². The van der Waals surface area contributed by atoms with Gasteiger partial charge in [0.1, 0.15) is 11.6 Å². The van der Waals surface area contributed by atoms with Gasteiger partial charge in [0, 0.05) is 13.1 Å². The highest BCUT2D eigenvalue weighted by Crippen LogP contribution is 2.26. The molecule has 0 fully saturated rings. The Kier molecular flexibility index (Phi) is 7.79. The van der Waals surface area contributed by atoms with Crippen molar-refractivity contribution in [2.75, 3.05) is 13.1 Å². The Bertz CT molecular complexity index is 796. The predicted molar refractivity (Wildman–Crippen MR) is 105 cm³/mol. The molecule has 7 heteroatoms. The van der Waals surface area contributed by atoms with E-state index in [1.807, 2.05) is 19.1 Å². The van der Waals surface area contributed by atoms with E-state index in [2.05, 4.69) is 26.6 Å². The maximum Gasteiger partial charge on any atom is 0.260 e. The Morgan fingerprint density at radius 1 is 1.11 bits per heavy atom. The molecule has 1 unspecified atom stereocenters. The summed E-state index contributed by atoms with van der Waals surface area (Å²) in [4.78, 5) is 23.9. The molecule has 0 saturated heterocycles. The van der Waals surface area contributed by atoms with Gasteiger partial charge in [-0.1, -0.05) is 18.2 Å². The van der Waals surface area contributed by atoms with Crippen molar-refractivity contribution in [2.45, 2.75) is 26.4 Å². The van der Waals surface area contributed by atoms with Crippen LogP contribution in [-0.4, -0.2) is 31.0 Å². The van der Waals surface area contributed by atoms with E-state index in [0.29, 0.717) is 12.3 Å². The van der Waals surface area contributed by atoms with Crippen LogP contribution in [0.2, 0.25) is 0 Å². The number of halogens is 2. The third kappa shape index (κ3) is 7.02. The molecule has 0 bridgehead atoms. The van der Waals surface area contributed by atoms with E-state index >= 15 is 0 Å². The van der Waals surface area contributed by atoms with Crippen LogP contribution in [0.3, 0.4) is 0 Å². The zero-order valence-corrected chi connectivity index (χ0v) is 16.8. The first kappa shape index (κ1) is 20.9. The largest absolute Gasteiger partial charge is 0.480 e. The summed E-state index contributed by atoms with van der Waals surface area (Å²) in [5, 5.41) is 5.43. The van der Waals surface area contributed by atoms with Crippen LogP contribution in [0.15, 0.2) is 46.9 Å². The van der Waals surface area contributed by atoms with Gasteiger partial charge in [0.05, 0.1) is 10.9 Å². The Hall–Kier alpha value is -2.41. The fourth-order valence-electron chi connectivity index (χ4n) is 2.33. The average molecular weight is 437 g/mol. The number of ether oxygens (including phenoxy) is 1. The first-order valence-electron chi connectivity index (χ1n) is 8.57. The van der Waals surface area contributed by atoms with Crippen LogP contribution >= 0.6 is 15.9 Å². The minimum Gasteiger partial charge on any atom is -0.480 e. The van der Waals surface area contributed by atoms with Crippen molar-refractivity contribution in [1.82, 2.24) is 10.6 Å². The zero-order valence-electron chi connectivity index (χ0n) is 15.2. The number of rotatable bonds is 8. The molecule has 0 aliphatic rings. The summed E-state index contributed by atoms with van der Waals surface area (Å²) in [5.74, 6) is -0.203. The Morgan fingerprint density at radius 2 is 1.78 bits per heavy atom. The van der Waals surface area contributed by atoms with Gasteiger partial charge >= 0.3 is 0 Å². The summed E-state index contributed by atoms with van der Waals surface area (Å²) in [7, 11) is 0. The van der Waals surface area contributed by atoms with Crippen LogP contribution in [0.4, 0.5) is 4.39 Å². The molecule has 27 heavy (non-hydrogen) atoms. The second-order valence-electron chi connectivity index (χ2n) is 6.14. The van der Waals surface area contributed by atoms with E-state index in [0.717, 1.165) is 15.6 Å². The molecule has 0 radical (unpaired) electrons. The van der Waals surface area contributed by atoms with Crippen molar-refractivity contribution >= 4 is 27.7 Å². The highest BCUT2D eigenvalue weighted by atomic mass is 79.9. The zero-order chi connectivity index (χ0) is 19.8. The summed E-state index contributed by atoms with van der Waals surface area (Å²) in [6.45, 7) is 4.22. The second kappa shape index (κ2) is 10.1. The molecule has 0 saturated carbocycles. The molecule has 0 aromatic heterocycles. The number of hydrogen-bond acceptors (Lipinski definition) is 3. The third-order valence-corrected chi connectivity index (χ3v) is 4.40. The SMILES string of the molecule is Cc1ccc(OC(C)C(=O)NCCNC(=O)Cc2ccc(F)cc2)c(Br)c1. The second-order valence-corrected chi connectivity index (χ2v) is 6.99. The lowest BCUT2D eigenvalue weighted by atomic mass is 10.1. The monoisotopic (exact) mass is 436 g/mol. The first-order valence-corrected chi connectivity index (χ1v) is 9.36. The fourth-order valence-corrected chi connectivity index (χ4v) is 2.91. The van der Waals surface area contributed by atoms with Gasteiger partial charge in [-0.3, -0.25) is 9.59 Å². The van der Waals surface area contributed by atoms with Crippen LogP contribution in [0, 0.1) is 12.7 Å². The van der Waals surface area contributed by atoms with Gasteiger partial charge in [0.25, 0.3) is 5.91 Å². The average Bonchev–Trinajstić information content (AvgIpc) is 2.62. The summed E-state index contributed by atoms with van der Waals surface area (Å²) in [5.41, 5.74) is 1.81. The standard InChI is InChI=1S/C20H22BrFN2O3/c1-13-3-8-18(17(21)11-13)27-14(2)20(26)24-10-9-23-19(25)12-15-4-6-16(22)7-5-15/h3-8,11,14H,9-10,12H2,1-2H3,(H,23,25)(H,24,26). The molecule has 5 nitrogen and oxygen atoms in total. The number of carbonyl (C=O) groups is 2. The van der Waals surface area contributed by atoms with Crippen LogP contribution in [0.1, 0.15) is 18.1 Å². The minimum absolute atomic E-state index is 0.162. The lowest BCUT2D eigenvalue weighted by Gasteiger charge is -2.16. The van der Waals surface area contributed by atoms with Crippen molar-refractivity contribution in [3.05, 3.63) is 63.9 Å². The molecule has 0 aliphatic heterocycles. The van der Waals surface area contributed by atoms with E-state index in [9.17, 15) is 14.0 Å². The first-order chi connectivity index (χ1) is 12.8. The number of carbonyl (C=O) groups excluding carboxylic acids is 2. The summed E-state index contributed by atoms with van der Waals surface area (Å²) in [6.07, 6.45) is -0.506. The normalized spacial score (nSPS) is 11.6. The molecular weight excluding hydrogens is 415 g/mol. The molecule has 2 aromatic carbocycles. The van der Waals surface area contributed by atoms with Crippen LogP contribution in [0.25, 0.3) is 0 Å². The Morgan fingerprint density at radius 3 is 2.44 bits per heavy atom. The maximum absolute atomic E-state index is 12.8. The van der Waals surface area contributed by atoms with E-state index in [1.165, 1.54) is 12.1 Å². The highest BCUT2D eigenvalue weighted by molar-refractivity contribution is 9.10. The third-order valence-electron chi connectivity index (χ3n) is 3.78. The molecule has 2 rings (SSSR count). The van der Waals surface area contributed by atoms with Gasteiger partial charge in [0.15, 0.2) is 6.10 Å². The van der Waals surface area contributed by atoms with Crippen molar-refractivity contribution in [3.63, 3.8) is 0 Å². The summed E-state index contributed by atoms with van der Waals surface area (Å²) < 4.78 is 19.3. The number of aryl methyl sites for hydroxylation is 1. The van der Waals surface area contributed by atoms with E-state index in [4.69, 9.17) is 4.74 Å². The van der Waals surface area contributed by atoms with Gasteiger partial charge in [-0.05, 0) is 65.2 Å². The quantitative estimate of drug-likeness (QED) is 0.624. The van der Waals surface area contributed by atoms with E-state index in [-0.39, 0.29) is 30.6 Å². The molecule has 144 valence electrons. The molecule has 2 N–H and O–H groups in total. The smallest absolute Gasteiger partial charge is 0.260 e. The molecule has 2 aromatic rings. The fraction of sp³-hybridized carbons (Fsp3) is 0.300. The minimum atomic E-state index is -0.668. The molecule has 1 atom stereocenters. The lowest BCUT2D eigenvalue weighted by Crippen LogP contribution is -2.41. The Labute approximate surface area is 166 Å². The molecule has 0 aliphatic carbocycles. The van der Waals surface area contributed by atoms with Crippen LogP contribution in [0.5, 0.6) is 5.75 Å². The number of nitrogens with one attached hydrogen (secondary N) is 2. The lowest BCUT2D eigenvalue weighted by molar-refractivity contribution is -0.127. The number of hydrogen-bond donors (Lipinski definition) is 2. The van der Waals surface area contributed by atoms with Crippen LogP contribution < -0.4 is 15.4 Å². The highest BCUT2D eigenvalue weighted by Gasteiger charge is 2.15. The molecule has 0 heterocycles. The van der Waals surface area contributed by atoms with Crippen LogP contribution in [-0.2, 0) is 16.0 Å². The Balaban J connectivity index is 1.68. The number of amides is 2. The van der Waals surface area contributed by atoms with Crippen molar-refractivity contribution in [3.8, 4) is 5.75 Å². The summed E-state index contributed by atoms with van der Waals surface area (Å²) in [6, 6.07) is 11.4. The van der Waals surface area contributed by atoms with Gasteiger partial charge in [0.2, 0.25) is 5.91 Å². The summed E-state index contributed by atoms with van der Waals surface area (Å²) >= 11 is 3.41. The van der Waals surface area contributed by atoms with Gasteiger partial charge in [-0.25, -0.2) is 4.39 Å². The molecular formula is C20H22BrFN2O3. The molecule has 0 spiro atoms. The van der Waals surface area contributed by atoms with Crippen molar-refractivity contribution < 1.29 is 18.7 Å². The van der Waals surface area contributed by atoms with Crippen molar-refractivity contribution in [2.24, 2.45) is 0 Å². The maximum atomic E-state index is 12.8. The molecule has 2 amide bonds. The number of benzene rings is 2. The van der Waals surface area contributed by atoms with Gasteiger partial charge in [-0.15, -0.1) is 0 Å². The predicted octanol–water partition coefficient (Wildman–Crippen LogP) is 3.14. The van der Waals surface area contributed by atoms with Crippen molar-refractivity contribution in [1.29, 1.82) is 0 Å². The topological polar surface area (TPSA) is 67.4 Å². The van der Waals surface area contributed by atoms with E-state index < -0.39 is 6.10 Å². The van der Waals surface area contributed by atoms with E-state index in [1.54, 1.807) is 25.1 Å².